The number of nitrogens with one attached hydrogen (secondary N) is 1. The maximum Gasteiger partial charge on any atom is 0.312 e. The third-order valence-corrected chi connectivity index (χ3v) is 10.1. The Labute approximate surface area is 290 Å². The van der Waals surface area contributed by atoms with Crippen molar-refractivity contribution in [3.8, 4) is 23.0 Å². The van der Waals surface area contributed by atoms with Crippen molar-refractivity contribution in [1.29, 1.82) is 0 Å². The predicted octanol–water partition coefficient (Wildman–Crippen LogP) is 4.61. The number of hydrogen-bond donors (Lipinski definition) is 6. The van der Waals surface area contributed by atoms with Gasteiger partial charge in [-0.3, -0.25) is 14.4 Å². The lowest BCUT2D eigenvalue weighted by molar-refractivity contribution is -0.155. The minimum absolute atomic E-state index is 0.0736. The summed E-state index contributed by atoms with van der Waals surface area (Å²) in [6.45, 7) is 11.2. The molecule has 3 aliphatic rings. The van der Waals surface area contributed by atoms with Gasteiger partial charge in [0.2, 0.25) is 0 Å². The van der Waals surface area contributed by atoms with Gasteiger partial charge in [-0.05, 0) is 31.8 Å². The lowest BCUT2D eigenvalue weighted by atomic mass is 9.73. The Bertz CT molecular complexity index is 1760. The van der Waals surface area contributed by atoms with Crippen LogP contribution in [0.4, 0.5) is 5.69 Å². The average Bonchev–Trinajstić information content (AvgIpc) is 3.34. The van der Waals surface area contributed by atoms with Crippen LogP contribution in [0.1, 0.15) is 57.5 Å². The smallest absolute Gasteiger partial charge is 0.312 e. The van der Waals surface area contributed by atoms with Gasteiger partial charge in [0.15, 0.2) is 5.75 Å². The molecule has 13 heteroatoms. The molecule has 13 nitrogen and oxygen atoms in total. The number of Topliss-reactive ketones (excluding diaryl/α,β-unsaturated/α-hetero) is 1. The number of aliphatic hydroxyl groups excluding tert-OH is 2. The molecule has 2 aromatic rings. The fourth-order valence-corrected chi connectivity index (χ4v) is 6.84. The summed E-state index contributed by atoms with van der Waals surface area (Å²) in [4.78, 5) is 40.2. The van der Waals surface area contributed by atoms with E-state index in [9.17, 15) is 39.9 Å². The van der Waals surface area contributed by atoms with Gasteiger partial charge in [-0.2, -0.15) is 0 Å². The lowest BCUT2D eigenvalue weighted by Gasteiger charge is -2.37. The zero-order valence-corrected chi connectivity index (χ0v) is 29.7. The molecule has 0 spiro atoms. The summed E-state index contributed by atoms with van der Waals surface area (Å²) in [5.74, 6) is -9.04. The third kappa shape index (κ3) is 6.77. The molecule has 3 aliphatic heterocycles. The van der Waals surface area contributed by atoms with Crippen LogP contribution in [0.5, 0.6) is 23.0 Å². The van der Waals surface area contributed by atoms with Crippen molar-refractivity contribution in [1.82, 2.24) is 0 Å². The number of ether oxygens (including phenoxy) is 4. The molecule has 0 aromatic heterocycles. The maximum atomic E-state index is 13.9. The number of phenolic OH excluding ortho intramolecular Hbond substituents is 3. The van der Waals surface area contributed by atoms with Crippen LogP contribution >= 0.6 is 0 Å². The molecular formula is C37H47NO12. The van der Waals surface area contributed by atoms with Crippen LogP contribution in [-0.4, -0.2) is 81.5 Å². The van der Waals surface area contributed by atoms with Crippen LogP contribution in [0.3, 0.4) is 0 Å². The summed E-state index contributed by atoms with van der Waals surface area (Å²) in [7, 11) is 2.66. The first-order valence-corrected chi connectivity index (χ1v) is 16.4. The molecule has 272 valence electrons. The Balaban J connectivity index is 1.88. The number of methoxy groups -OCH3 is 2. The summed E-state index contributed by atoms with van der Waals surface area (Å²) in [5.41, 5.74) is -0.105. The van der Waals surface area contributed by atoms with Crippen molar-refractivity contribution < 1.29 is 58.9 Å². The van der Waals surface area contributed by atoms with E-state index in [2.05, 4.69) is 5.32 Å². The number of ketones is 1. The first-order chi connectivity index (χ1) is 23.4. The molecule has 3 heterocycles. The molecule has 50 heavy (non-hydrogen) atoms. The molecule has 0 radical (unpaired) electrons. The maximum absolute atomic E-state index is 13.9. The highest BCUT2D eigenvalue weighted by Crippen LogP contribution is 2.53. The molecule has 9 atom stereocenters. The Morgan fingerprint density at radius 1 is 0.920 bits per heavy atom. The molecule has 0 fully saturated rings. The van der Waals surface area contributed by atoms with Gasteiger partial charge >= 0.3 is 11.8 Å². The fourth-order valence-electron chi connectivity index (χ4n) is 6.84. The van der Waals surface area contributed by atoms with Gasteiger partial charge in [-0.25, -0.2) is 0 Å². The number of hydrogen-bond acceptors (Lipinski definition) is 12. The van der Waals surface area contributed by atoms with Crippen molar-refractivity contribution >= 4 is 34.1 Å². The monoisotopic (exact) mass is 697 g/mol. The number of carbonyl (C=O) groups is 3. The van der Waals surface area contributed by atoms with Crippen LogP contribution in [-0.2, 0) is 23.8 Å². The van der Waals surface area contributed by atoms with Gasteiger partial charge in [0.05, 0.1) is 54.2 Å². The van der Waals surface area contributed by atoms with E-state index in [-0.39, 0.29) is 38.9 Å². The lowest BCUT2D eigenvalue weighted by Crippen LogP contribution is -2.45. The van der Waals surface area contributed by atoms with Crippen LogP contribution in [0.15, 0.2) is 42.2 Å². The Hall–Kier alpha value is -4.59. The van der Waals surface area contributed by atoms with E-state index in [0.29, 0.717) is 0 Å². The van der Waals surface area contributed by atoms with E-state index in [1.54, 1.807) is 39.8 Å². The minimum atomic E-state index is -1.99. The quantitative estimate of drug-likeness (QED) is 0.145. The summed E-state index contributed by atoms with van der Waals surface area (Å²) in [6.07, 6.45) is 4.39. The van der Waals surface area contributed by atoms with E-state index in [1.165, 1.54) is 53.4 Å². The molecule has 0 aliphatic carbocycles. The Morgan fingerprint density at radius 3 is 2.20 bits per heavy atom. The largest absolute Gasteiger partial charge is 0.507 e. The first kappa shape index (κ1) is 38.2. The van der Waals surface area contributed by atoms with Gasteiger partial charge in [-0.1, -0.05) is 45.9 Å². The van der Waals surface area contributed by atoms with E-state index < -0.39 is 88.6 Å². The van der Waals surface area contributed by atoms with Gasteiger partial charge in [0.25, 0.3) is 11.7 Å². The number of esters is 1. The summed E-state index contributed by atoms with van der Waals surface area (Å²) in [5, 5.41) is 58.2. The molecule has 0 saturated heterocycles. The van der Waals surface area contributed by atoms with Crippen LogP contribution in [0.25, 0.3) is 10.8 Å². The van der Waals surface area contributed by atoms with Crippen molar-refractivity contribution in [2.24, 2.45) is 29.6 Å². The van der Waals surface area contributed by atoms with E-state index in [0.717, 1.165) is 6.07 Å². The van der Waals surface area contributed by atoms with Gasteiger partial charge in [0, 0.05) is 48.5 Å². The second kappa shape index (κ2) is 14.7. The fraction of sp³-hybridized carbons (Fsp3) is 0.486. The highest BCUT2D eigenvalue weighted by atomic mass is 16.7. The topological polar surface area (TPSA) is 201 Å². The molecule has 6 N–H and O–H groups in total. The summed E-state index contributed by atoms with van der Waals surface area (Å²) in [6, 6.07) is 1.06. The molecule has 5 bridgehead atoms. The van der Waals surface area contributed by atoms with Crippen LogP contribution in [0, 0.1) is 36.5 Å². The summed E-state index contributed by atoms with van der Waals surface area (Å²) >= 11 is 0. The van der Waals surface area contributed by atoms with Crippen molar-refractivity contribution in [3.05, 3.63) is 53.3 Å². The standard InChI is InChI=1S/C37H47NO12/c1-16-11-10-12-17(2)35(45)38-22-15-23(39)26-27(32(22)43)31(42)21(6)33-28(26)34(44)37(7,50-33)49-14-13-24(47-8)18(3)25(36(46)48-9)19(4)30(41)20(5)29(16)40/h10-16,18-20,24-25,29-30,39-43H,1-9H3,(H,38,45). The highest BCUT2D eigenvalue weighted by molar-refractivity contribution is 6.21. The number of aliphatic hydroxyl groups is 2. The van der Waals surface area contributed by atoms with Crippen LogP contribution < -0.4 is 10.1 Å². The number of phenols is 3. The number of amides is 1. The summed E-state index contributed by atoms with van der Waals surface area (Å²) < 4.78 is 22.6. The van der Waals surface area contributed by atoms with Gasteiger partial charge in [0.1, 0.15) is 17.2 Å². The second-order valence-corrected chi connectivity index (χ2v) is 13.4. The van der Waals surface area contributed by atoms with Crippen molar-refractivity contribution in [2.45, 2.75) is 72.6 Å². The normalized spacial score (nSPS) is 30.9. The highest BCUT2D eigenvalue weighted by Gasteiger charge is 2.49. The number of benzene rings is 2. The molecule has 2 aromatic carbocycles. The first-order valence-electron chi connectivity index (χ1n) is 16.4. The Kier molecular flexibility index (Phi) is 11.2. The molecule has 5 rings (SSSR count). The predicted molar refractivity (Wildman–Crippen MR) is 184 cm³/mol. The molecule has 9 unspecified atom stereocenters. The van der Waals surface area contributed by atoms with Crippen molar-refractivity contribution in [2.75, 3.05) is 19.5 Å². The van der Waals surface area contributed by atoms with Crippen molar-refractivity contribution in [3.63, 3.8) is 0 Å². The number of carbonyl (C=O) groups excluding carboxylic acids is 3. The number of aromatic hydroxyl groups is 3. The Morgan fingerprint density at radius 2 is 1.58 bits per heavy atom. The van der Waals surface area contributed by atoms with E-state index in [1.807, 2.05) is 0 Å². The number of allylic oxidation sites excluding steroid dienone is 2. The zero-order valence-electron chi connectivity index (χ0n) is 29.7. The number of rotatable bonds is 2. The zero-order chi connectivity index (χ0) is 37.4. The van der Waals surface area contributed by atoms with E-state index in [4.69, 9.17) is 18.9 Å². The van der Waals surface area contributed by atoms with E-state index >= 15 is 0 Å². The SMILES string of the molecule is COC(=O)C1C(C)C(OC)C=COC2(C)Oc3c(C)c(O)c4c(O)c(cc(O)c4c3C2=O)NC(=O)C(C)=CC=CC(C)C(O)C(C)C(O)C1C. The molecule has 0 saturated carbocycles. The van der Waals surface area contributed by atoms with Gasteiger partial charge in [-0.15, -0.1) is 0 Å². The average molecular weight is 698 g/mol. The molecular weight excluding hydrogens is 650 g/mol. The molecule has 1 amide bonds. The van der Waals surface area contributed by atoms with Crippen LogP contribution in [0.2, 0.25) is 0 Å². The second-order valence-electron chi connectivity index (χ2n) is 13.4. The number of anilines is 1. The number of fused-ring (bicyclic) bond motifs is 14. The minimum Gasteiger partial charge on any atom is -0.507 e. The third-order valence-electron chi connectivity index (χ3n) is 10.1. The van der Waals surface area contributed by atoms with Gasteiger partial charge < -0.3 is 49.8 Å².